The van der Waals surface area contributed by atoms with E-state index in [-0.39, 0.29) is 23.3 Å². The number of imide groups is 1. The van der Waals surface area contributed by atoms with Crippen molar-refractivity contribution < 1.29 is 22.2 Å². The molecule has 1 aliphatic heterocycles. The first-order valence-electron chi connectivity index (χ1n) is 11.3. The van der Waals surface area contributed by atoms with E-state index < -0.39 is 10.1 Å². The molecule has 0 spiro atoms. The molecule has 0 bridgehead atoms. The van der Waals surface area contributed by atoms with Gasteiger partial charge in [-0.15, -0.1) is 0 Å². The number of hydrogen-bond donors (Lipinski definition) is 0. The summed E-state index contributed by atoms with van der Waals surface area (Å²) in [7, 11) is -3.67. The highest BCUT2D eigenvalue weighted by atomic mass is 32.2. The second-order valence-electron chi connectivity index (χ2n) is 8.23. The Kier molecular flexibility index (Phi) is 8.59. The Morgan fingerprint density at radius 1 is 0.719 bits per heavy atom. The lowest BCUT2D eigenvalue weighted by molar-refractivity contribution is 0.0651. The molecule has 6 nitrogen and oxygen atoms in total. The van der Waals surface area contributed by atoms with Crippen LogP contribution in [0.2, 0.25) is 0 Å². The Bertz CT molecular complexity index is 996. The molecular formula is C25H31NO5S. The van der Waals surface area contributed by atoms with Crippen molar-refractivity contribution in [1.82, 2.24) is 4.90 Å². The van der Waals surface area contributed by atoms with Gasteiger partial charge < -0.3 is 0 Å². The smallest absolute Gasteiger partial charge is 0.274 e. The fraction of sp³-hybridized carbons (Fsp3) is 0.440. The van der Waals surface area contributed by atoms with Crippen LogP contribution >= 0.6 is 0 Å². The van der Waals surface area contributed by atoms with Crippen molar-refractivity contribution in [2.24, 2.45) is 0 Å². The van der Waals surface area contributed by atoms with E-state index in [2.05, 4.69) is 0 Å². The van der Waals surface area contributed by atoms with Crippen LogP contribution < -0.4 is 0 Å². The van der Waals surface area contributed by atoms with Crippen LogP contribution in [0.1, 0.15) is 77.6 Å². The van der Waals surface area contributed by atoms with Crippen molar-refractivity contribution in [3.63, 3.8) is 0 Å². The summed E-state index contributed by atoms with van der Waals surface area (Å²) >= 11 is 0. The molecule has 32 heavy (non-hydrogen) atoms. The minimum Gasteiger partial charge on any atom is -0.274 e. The topological polar surface area (TPSA) is 80.8 Å². The van der Waals surface area contributed by atoms with Crippen molar-refractivity contribution >= 4 is 21.9 Å². The van der Waals surface area contributed by atoms with Crippen molar-refractivity contribution in [2.75, 3.05) is 13.2 Å². The molecule has 0 fully saturated rings. The molecule has 0 unspecified atom stereocenters. The highest BCUT2D eigenvalue weighted by Gasteiger charge is 2.34. The maximum Gasteiger partial charge on any atom is 0.296 e. The first-order valence-corrected chi connectivity index (χ1v) is 12.7. The summed E-state index contributed by atoms with van der Waals surface area (Å²) in [5.41, 5.74) is 2.02. The predicted octanol–water partition coefficient (Wildman–Crippen LogP) is 5.12. The van der Waals surface area contributed by atoms with Gasteiger partial charge in [0.25, 0.3) is 21.9 Å². The van der Waals surface area contributed by atoms with Gasteiger partial charge in [0.15, 0.2) is 0 Å². The Labute approximate surface area is 190 Å². The maximum atomic E-state index is 12.3. The largest absolute Gasteiger partial charge is 0.296 e. The Morgan fingerprint density at radius 2 is 1.22 bits per heavy atom. The molecule has 0 aliphatic carbocycles. The first kappa shape index (κ1) is 24.1. The number of benzene rings is 2. The number of rotatable bonds is 13. The molecular weight excluding hydrogens is 426 g/mol. The molecule has 2 aromatic carbocycles. The molecule has 1 aliphatic rings. The van der Waals surface area contributed by atoms with Gasteiger partial charge in [-0.2, -0.15) is 8.42 Å². The number of unbranched alkanes of at least 4 members (excludes halogenated alkanes) is 7. The van der Waals surface area contributed by atoms with Gasteiger partial charge in [0.05, 0.1) is 22.6 Å². The molecule has 0 aromatic heterocycles. The van der Waals surface area contributed by atoms with Gasteiger partial charge in [0, 0.05) is 6.54 Å². The number of carbonyl (C=O) groups excluding carboxylic acids is 2. The Balaban J connectivity index is 1.21. The zero-order valence-electron chi connectivity index (χ0n) is 18.6. The molecule has 172 valence electrons. The molecule has 0 atom stereocenters. The van der Waals surface area contributed by atoms with Crippen LogP contribution in [0.25, 0.3) is 0 Å². The Hall–Kier alpha value is -2.51. The number of amides is 2. The summed E-state index contributed by atoms with van der Waals surface area (Å²) < 4.78 is 29.3. The molecule has 0 radical (unpaired) electrons. The van der Waals surface area contributed by atoms with E-state index in [1.807, 2.05) is 6.92 Å². The molecule has 2 amide bonds. The van der Waals surface area contributed by atoms with Crippen LogP contribution in [0, 0.1) is 6.92 Å². The third-order valence-corrected chi connectivity index (χ3v) is 7.03. The lowest BCUT2D eigenvalue weighted by Gasteiger charge is -2.13. The summed E-state index contributed by atoms with van der Waals surface area (Å²) in [6.07, 6.45) is 7.70. The monoisotopic (exact) mass is 457 g/mol. The summed E-state index contributed by atoms with van der Waals surface area (Å²) in [5, 5.41) is 0. The van der Waals surface area contributed by atoms with Gasteiger partial charge in [-0.05, 0) is 44.0 Å². The summed E-state index contributed by atoms with van der Waals surface area (Å²) in [6, 6.07) is 13.6. The van der Waals surface area contributed by atoms with Crippen LogP contribution in [-0.4, -0.2) is 38.3 Å². The second kappa shape index (κ2) is 11.4. The first-order chi connectivity index (χ1) is 15.4. The van der Waals surface area contributed by atoms with Crippen molar-refractivity contribution in [1.29, 1.82) is 0 Å². The fourth-order valence-electron chi connectivity index (χ4n) is 3.82. The fourth-order valence-corrected chi connectivity index (χ4v) is 4.76. The second-order valence-corrected chi connectivity index (χ2v) is 9.84. The van der Waals surface area contributed by atoms with Crippen LogP contribution in [0.15, 0.2) is 53.4 Å². The molecule has 1 heterocycles. The zero-order valence-corrected chi connectivity index (χ0v) is 19.4. The van der Waals surface area contributed by atoms with E-state index in [1.165, 1.54) is 4.90 Å². The highest BCUT2D eigenvalue weighted by Crippen LogP contribution is 2.23. The van der Waals surface area contributed by atoms with Gasteiger partial charge in [-0.3, -0.25) is 18.7 Å². The average Bonchev–Trinajstić information content (AvgIpc) is 3.02. The number of nitrogens with zero attached hydrogens (tertiary/aromatic N) is 1. The van der Waals surface area contributed by atoms with E-state index in [0.29, 0.717) is 24.1 Å². The van der Waals surface area contributed by atoms with Gasteiger partial charge >= 0.3 is 0 Å². The quantitative estimate of drug-likeness (QED) is 0.237. The standard InChI is InChI=1S/C25H31NO5S/c1-20-14-16-21(17-15-20)32(29,30)31-19-11-7-5-3-2-4-6-10-18-26-24(27)22-12-8-9-13-23(22)25(26)28/h8-9,12-17H,2-7,10-11,18-19H2,1H3. The Morgan fingerprint density at radius 3 is 1.78 bits per heavy atom. The maximum absolute atomic E-state index is 12.3. The molecule has 3 rings (SSSR count). The minimum atomic E-state index is -3.67. The molecule has 7 heteroatoms. The van der Waals surface area contributed by atoms with Crippen LogP contribution in [0.4, 0.5) is 0 Å². The van der Waals surface area contributed by atoms with Crippen LogP contribution in [-0.2, 0) is 14.3 Å². The molecule has 2 aromatic rings. The molecule has 0 N–H and O–H groups in total. The number of carbonyl (C=O) groups is 2. The van der Waals surface area contributed by atoms with Crippen molar-refractivity contribution in [2.45, 2.75) is 63.2 Å². The van der Waals surface area contributed by atoms with Crippen LogP contribution in [0.5, 0.6) is 0 Å². The average molecular weight is 458 g/mol. The van der Waals surface area contributed by atoms with E-state index >= 15 is 0 Å². The van der Waals surface area contributed by atoms with Gasteiger partial charge in [-0.25, -0.2) is 0 Å². The van der Waals surface area contributed by atoms with Crippen LogP contribution in [0.3, 0.4) is 0 Å². The van der Waals surface area contributed by atoms with E-state index in [1.54, 1.807) is 48.5 Å². The lowest BCUT2D eigenvalue weighted by atomic mass is 10.1. The summed E-state index contributed by atoms with van der Waals surface area (Å²) in [6.45, 7) is 2.58. The van der Waals surface area contributed by atoms with Crippen molar-refractivity contribution in [3.05, 3.63) is 65.2 Å². The third kappa shape index (κ3) is 6.26. The summed E-state index contributed by atoms with van der Waals surface area (Å²) in [5.74, 6) is -0.366. The van der Waals surface area contributed by atoms with E-state index in [4.69, 9.17) is 4.18 Å². The zero-order chi connectivity index (χ0) is 23.0. The van der Waals surface area contributed by atoms with Crippen molar-refractivity contribution in [3.8, 4) is 0 Å². The summed E-state index contributed by atoms with van der Waals surface area (Å²) in [4.78, 5) is 26.2. The van der Waals surface area contributed by atoms with E-state index in [9.17, 15) is 18.0 Å². The third-order valence-electron chi connectivity index (χ3n) is 5.70. The predicted molar refractivity (Wildman–Crippen MR) is 123 cm³/mol. The number of fused-ring (bicyclic) bond motifs is 1. The van der Waals surface area contributed by atoms with Gasteiger partial charge in [0.1, 0.15) is 0 Å². The number of aryl methyl sites for hydroxylation is 1. The number of hydrogen-bond acceptors (Lipinski definition) is 5. The van der Waals surface area contributed by atoms with Gasteiger partial charge in [-0.1, -0.05) is 68.4 Å². The molecule has 0 saturated carbocycles. The van der Waals surface area contributed by atoms with Gasteiger partial charge in [0.2, 0.25) is 0 Å². The SMILES string of the molecule is Cc1ccc(S(=O)(=O)OCCCCCCCCCCN2C(=O)c3ccccc3C2=O)cc1. The highest BCUT2D eigenvalue weighted by molar-refractivity contribution is 7.86. The minimum absolute atomic E-state index is 0.183. The molecule has 0 saturated heterocycles. The van der Waals surface area contributed by atoms with E-state index in [0.717, 1.165) is 50.5 Å². The lowest BCUT2D eigenvalue weighted by Crippen LogP contribution is -2.30. The normalized spacial score (nSPS) is 13.6.